The number of anilines is 2. The number of ether oxygens (including phenoxy) is 2. The molecule has 0 unspecified atom stereocenters. The zero-order valence-corrected chi connectivity index (χ0v) is 18.3. The largest absolute Gasteiger partial charge is 0.497 e. The molecule has 31 heavy (non-hydrogen) atoms. The predicted octanol–water partition coefficient (Wildman–Crippen LogP) is 4.06. The maximum atomic E-state index is 12.9. The molecule has 1 aromatic heterocycles. The van der Waals surface area contributed by atoms with Crippen LogP contribution >= 0.6 is 0 Å². The second-order valence-corrected chi connectivity index (χ2v) is 8.65. The maximum absolute atomic E-state index is 12.9. The summed E-state index contributed by atoms with van der Waals surface area (Å²) in [5.74, 6) is 1.29. The molecular weight excluding hydrogens is 394 g/mol. The van der Waals surface area contributed by atoms with Crippen LogP contribution in [-0.2, 0) is 16.1 Å². The molecule has 0 aliphatic carbocycles. The van der Waals surface area contributed by atoms with Gasteiger partial charge in [-0.25, -0.2) is 0 Å². The molecule has 2 heterocycles. The molecule has 3 aromatic rings. The molecule has 7 heteroatoms. The number of carbonyl (C=O) groups excluding carboxylic acids is 2. The highest BCUT2D eigenvalue weighted by atomic mass is 16.5. The number of fused-ring (bicyclic) bond motifs is 2. The Labute approximate surface area is 181 Å². The van der Waals surface area contributed by atoms with E-state index >= 15 is 0 Å². The molecule has 2 aromatic carbocycles. The van der Waals surface area contributed by atoms with Crippen molar-refractivity contribution in [2.24, 2.45) is 5.41 Å². The fourth-order valence-electron chi connectivity index (χ4n) is 3.71. The summed E-state index contributed by atoms with van der Waals surface area (Å²) in [6, 6.07) is 13.1. The van der Waals surface area contributed by atoms with Crippen molar-refractivity contribution in [2.45, 2.75) is 27.3 Å². The summed E-state index contributed by atoms with van der Waals surface area (Å²) in [7, 11) is 1.63. The Morgan fingerprint density at radius 1 is 1.13 bits per heavy atom. The number of hydrogen-bond acceptors (Lipinski definition) is 4. The van der Waals surface area contributed by atoms with Gasteiger partial charge in [-0.1, -0.05) is 20.8 Å². The van der Waals surface area contributed by atoms with Crippen molar-refractivity contribution >= 4 is 34.1 Å². The summed E-state index contributed by atoms with van der Waals surface area (Å²) in [6.45, 7) is 6.80. The van der Waals surface area contributed by atoms with Crippen LogP contribution in [0.4, 0.5) is 11.4 Å². The molecule has 0 atom stereocenters. The van der Waals surface area contributed by atoms with Crippen LogP contribution in [0.15, 0.2) is 48.7 Å². The van der Waals surface area contributed by atoms with Gasteiger partial charge in [-0.2, -0.15) is 0 Å². The van der Waals surface area contributed by atoms with E-state index in [0.717, 1.165) is 16.7 Å². The van der Waals surface area contributed by atoms with E-state index < -0.39 is 5.41 Å². The average Bonchev–Trinajstić information content (AvgIpc) is 3.13. The molecule has 0 bridgehead atoms. The zero-order chi connectivity index (χ0) is 22.2. The molecular formula is C24H27N3O4. The van der Waals surface area contributed by atoms with E-state index in [4.69, 9.17) is 9.47 Å². The van der Waals surface area contributed by atoms with Gasteiger partial charge in [-0.15, -0.1) is 0 Å². The third kappa shape index (κ3) is 4.21. The SMILES string of the molecule is COc1ccc2c(ccn2CC(=O)Nc2ccc3c(c2)N(C(=O)C(C)(C)C)CCO3)c1. The second-order valence-electron chi connectivity index (χ2n) is 8.65. The van der Waals surface area contributed by atoms with Crippen LogP contribution in [0.3, 0.4) is 0 Å². The highest BCUT2D eigenvalue weighted by Gasteiger charge is 2.32. The van der Waals surface area contributed by atoms with Crippen LogP contribution in [-0.4, -0.2) is 36.6 Å². The molecule has 0 fully saturated rings. The van der Waals surface area contributed by atoms with Crippen molar-refractivity contribution < 1.29 is 19.1 Å². The molecule has 7 nitrogen and oxygen atoms in total. The first kappa shape index (κ1) is 20.8. The van der Waals surface area contributed by atoms with Gasteiger partial charge in [0, 0.05) is 28.2 Å². The fourth-order valence-corrected chi connectivity index (χ4v) is 3.71. The lowest BCUT2D eigenvalue weighted by molar-refractivity contribution is -0.126. The Morgan fingerprint density at radius 3 is 2.68 bits per heavy atom. The fraction of sp³-hybridized carbons (Fsp3) is 0.333. The molecule has 4 rings (SSSR count). The molecule has 0 saturated heterocycles. The van der Waals surface area contributed by atoms with Gasteiger partial charge in [0.15, 0.2) is 0 Å². The van der Waals surface area contributed by atoms with Gasteiger partial charge in [0.1, 0.15) is 24.7 Å². The third-order valence-corrected chi connectivity index (χ3v) is 5.28. The molecule has 1 aliphatic rings. The lowest BCUT2D eigenvalue weighted by Crippen LogP contribution is -2.44. The van der Waals surface area contributed by atoms with Crippen molar-refractivity contribution in [3.63, 3.8) is 0 Å². The van der Waals surface area contributed by atoms with Gasteiger partial charge in [0.05, 0.1) is 19.3 Å². The van der Waals surface area contributed by atoms with Gasteiger partial charge in [0.2, 0.25) is 11.8 Å². The van der Waals surface area contributed by atoms with Crippen LogP contribution in [0.2, 0.25) is 0 Å². The summed E-state index contributed by atoms with van der Waals surface area (Å²) < 4.78 is 12.9. The standard InChI is InChI=1S/C24H27N3O4/c1-24(2,3)23(29)27-11-12-31-21-8-5-17(14-20(21)27)25-22(28)15-26-10-9-16-13-18(30-4)6-7-19(16)26/h5-10,13-14H,11-12,15H2,1-4H3,(H,25,28). The van der Waals surface area contributed by atoms with Crippen molar-refractivity contribution in [3.05, 3.63) is 48.7 Å². The van der Waals surface area contributed by atoms with Crippen molar-refractivity contribution in [1.29, 1.82) is 0 Å². The summed E-state index contributed by atoms with van der Waals surface area (Å²) in [4.78, 5) is 27.3. The van der Waals surface area contributed by atoms with Crippen molar-refractivity contribution in [2.75, 3.05) is 30.5 Å². The number of amides is 2. The first-order valence-corrected chi connectivity index (χ1v) is 10.3. The Hall–Kier alpha value is -3.48. The van der Waals surface area contributed by atoms with Crippen molar-refractivity contribution in [1.82, 2.24) is 4.57 Å². The smallest absolute Gasteiger partial charge is 0.244 e. The summed E-state index contributed by atoms with van der Waals surface area (Å²) in [5.41, 5.74) is 1.75. The molecule has 0 radical (unpaired) electrons. The molecule has 1 N–H and O–H groups in total. The van der Waals surface area contributed by atoms with E-state index in [9.17, 15) is 9.59 Å². The lowest BCUT2D eigenvalue weighted by Gasteiger charge is -2.34. The summed E-state index contributed by atoms with van der Waals surface area (Å²) in [6.07, 6.45) is 1.88. The van der Waals surface area contributed by atoms with Gasteiger partial charge < -0.3 is 24.3 Å². The number of benzene rings is 2. The zero-order valence-electron chi connectivity index (χ0n) is 18.3. The molecule has 162 valence electrons. The number of methoxy groups -OCH3 is 1. The molecule has 0 saturated carbocycles. The van der Waals surface area contributed by atoms with Crippen LogP contribution in [0, 0.1) is 5.41 Å². The van der Waals surface area contributed by atoms with Crippen LogP contribution in [0.5, 0.6) is 11.5 Å². The van der Waals surface area contributed by atoms with Crippen LogP contribution < -0.4 is 19.7 Å². The number of hydrogen-bond donors (Lipinski definition) is 1. The number of nitrogens with one attached hydrogen (secondary N) is 1. The first-order valence-electron chi connectivity index (χ1n) is 10.3. The molecule has 2 amide bonds. The predicted molar refractivity (Wildman–Crippen MR) is 121 cm³/mol. The number of nitrogens with zero attached hydrogens (tertiary/aromatic N) is 2. The normalized spacial score (nSPS) is 13.5. The number of rotatable bonds is 4. The van der Waals surface area contributed by atoms with Gasteiger partial charge in [0.25, 0.3) is 0 Å². The Balaban J connectivity index is 1.52. The topological polar surface area (TPSA) is 72.8 Å². The van der Waals surface area contributed by atoms with Gasteiger partial charge >= 0.3 is 0 Å². The van der Waals surface area contributed by atoms with E-state index in [2.05, 4.69) is 5.32 Å². The van der Waals surface area contributed by atoms with E-state index in [1.54, 1.807) is 30.2 Å². The molecule has 1 aliphatic heterocycles. The van der Waals surface area contributed by atoms with E-state index in [1.807, 2.05) is 55.8 Å². The number of carbonyl (C=O) groups is 2. The minimum absolute atomic E-state index is 0.0229. The third-order valence-electron chi connectivity index (χ3n) is 5.28. The Kier molecular flexibility index (Phi) is 5.35. The van der Waals surface area contributed by atoms with E-state index in [-0.39, 0.29) is 18.4 Å². The van der Waals surface area contributed by atoms with E-state index in [0.29, 0.717) is 30.3 Å². The van der Waals surface area contributed by atoms with Gasteiger partial charge in [-0.05, 0) is 42.5 Å². The Morgan fingerprint density at radius 2 is 1.94 bits per heavy atom. The summed E-state index contributed by atoms with van der Waals surface area (Å²) >= 11 is 0. The highest BCUT2D eigenvalue weighted by molar-refractivity contribution is 6.00. The van der Waals surface area contributed by atoms with Crippen molar-refractivity contribution in [3.8, 4) is 11.5 Å². The minimum atomic E-state index is -0.508. The number of aromatic nitrogens is 1. The van der Waals surface area contributed by atoms with Gasteiger partial charge in [-0.3, -0.25) is 9.59 Å². The second kappa shape index (κ2) is 7.98. The van der Waals surface area contributed by atoms with Crippen LogP contribution in [0.1, 0.15) is 20.8 Å². The Bertz CT molecular complexity index is 1140. The van der Waals surface area contributed by atoms with Crippen LogP contribution in [0.25, 0.3) is 10.9 Å². The molecule has 0 spiro atoms. The minimum Gasteiger partial charge on any atom is -0.497 e. The van der Waals surface area contributed by atoms with E-state index in [1.165, 1.54) is 0 Å². The monoisotopic (exact) mass is 421 g/mol. The highest BCUT2D eigenvalue weighted by Crippen LogP contribution is 2.36. The lowest BCUT2D eigenvalue weighted by atomic mass is 9.94. The maximum Gasteiger partial charge on any atom is 0.244 e. The first-order chi connectivity index (χ1) is 14.8. The average molecular weight is 421 g/mol. The quantitative estimate of drug-likeness (QED) is 0.690. The summed E-state index contributed by atoms with van der Waals surface area (Å²) in [5, 5.41) is 3.95.